The second kappa shape index (κ2) is 10.4. The monoisotopic (exact) mass is 549 g/mol. The van der Waals surface area contributed by atoms with E-state index in [1.165, 1.54) is 19.1 Å². The summed E-state index contributed by atoms with van der Waals surface area (Å²) in [5.41, 5.74) is 0.616. The molecular formula is C28H27N3O9. The number of hydrogen-bond donors (Lipinski definition) is 1. The number of aliphatic hydroxyl groups excluding tert-OH is 1. The van der Waals surface area contributed by atoms with E-state index in [2.05, 4.69) is 4.98 Å². The molecule has 40 heavy (non-hydrogen) atoms. The van der Waals surface area contributed by atoms with Gasteiger partial charge in [0.25, 0.3) is 11.7 Å². The Balaban J connectivity index is 1.48. The second-order valence-corrected chi connectivity index (χ2v) is 9.27. The van der Waals surface area contributed by atoms with Crippen LogP contribution in [0.2, 0.25) is 0 Å². The van der Waals surface area contributed by atoms with E-state index >= 15 is 0 Å². The van der Waals surface area contributed by atoms with Gasteiger partial charge in [0.15, 0.2) is 23.0 Å². The van der Waals surface area contributed by atoms with Crippen molar-refractivity contribution in [2.45, 2.75) is 19.0 Å². The van der Waals surface area contributed by atoms with Crippen LogP contribution in [0.4, 0.5) is 0 Å². The van der Waals surface area contributed by atoms with E-state index in [0.717, 1.165) is 0 Å². The molecule has 3 aromatic rings. The van der Waals surface area contributed by atoms with Gasteiger partial charge in [-0.1, -0.05) is 0 Å². The van der Waals surface area contributed by atoms with E-state index in [0.29, 0.717) is 60.3 Å². The lowest BCUT2D eigenvalue weighted by Gasteiger charge is -2.27. The van der Waals surface area contributed by atoms with Gasteiger partial charge in [0, 0.05) is 36.6 Å². The highest BCUT2D eigenvalue weighted by Gasteiger charge is 2.48. The molecule has 0 aliphatic carbocycles. The molecular weight excluding hydrogens is 522 g/mol. The predicted molar refractivity (Wildman–Crippen MR) is 139 cm³/mol. The zero-order valence-corrected chi connectivity index (χ0v) is 21.9. The van der Waals surface area contributed by atoms with E-state index in [-0.39, 0.29) is 36.2 Å². The van der Waals surface area contributed by atoms with Gasteiger partial charge in [0.2, 0.25) is 18.3 Å². The van der Waals surface area contributed by atoms with Gasteiger partial charge in [-0.05, 0) is 30.7 Å². The number of benzene rings is 2. The number of carbonyl (C=O) groups excluding carboxylic acids is 2. The Bertz CT molecular complexity index is 1500. The minimum atomic E-state index is -1.01. The zero-order valence-electron chi connectivity index (χ0n) is 21.9. The largest absolute Gasteiger partial charge is 0.507 e. The molecule has 1 aromatic heterocycles. The van der Waals surface area contributed by atoms with Gasteiger partial charge in [0.05, 0.1) is 32.2 Å². The molecule has 1 saturated heterocycles. The Morgan fingerprint density at radius 2 is 1.80 bits per heavy atom. The van der Waals surface area contributed by atoms with E-state index in [9.17, 15) is 14.7 Å². The Kier molecular flexibility index (Phi) is 6.58. The number of fused-ring (bicyclic) bond motifs is 2. The van der Waals surface area contributed by atoms with Crippen LogP contribution in [-0.2, 0) is 16.1 Å². The van der Waals surface area contributed by atoms with Gasteiger partial charge in [-0.25, -0.2) is 4.98 Å². The quantitative estimate of drug-likeness (QED) is 0.254. The van der Waals surface area contributed by atoms with Crippen molar-refractivity contribution in [3.8, 4) is 34.5 Å². The molecule has 1 fully saturated rings. The van der Waals surface area contributed by atoms with Gasteiger partial charge in [0.1, 0.15) is 19.0 Å². The maximum absolute atomic E-state index is 13.6. The van der Waals surface area contributed by atoms with Crippen molar-refractivity contribution in [1.82, 2.24) is 14.5 Å². The molecule has 2 aromatic carbocycles. The SMILES string of the molecule is COc1c([C@H]2C(=C(O)c3ccc4c(c3)OCCO4)C(=O)C(=O)N2CCCn2ccnc2)cc2c(c1OC)OCO2. The number of imidazole rings is 1. The smallest absolute Gasteiger partial charge is 0.295 e. The van der Waals surface area contributed by atoms with E-state index in [1.54, 1.807) is 36.8 Å². The molecule has 0 radical (unpaired) electrons. The average molecular weight is 550 g/mol. The number of likely N-dealkylation sites (tertiary alicyclic amines) is 1. The van der Waals surface area contributed by atoms with Gasteiger partial charge < -0.3 is 43.0 Å². The first-order valence-electron chi connectivity index (χ1n) is 12.7. The first-order valence-corrected chi connectivity index (χ1v) is 12.7. The number of rotatable bonds is 8. The molecule has 208 valence electrons. The fourth-order valence-corrected chi connectivity index (χ4v) is 5.24. The molecule has 4 heterocycles. The number of aromatic nitrogens is 2. The fraction of sp³-hybridized carbons (Fsp3) is 0.321. The topological polar surface area (TPSA) is 131 Å². The lowest BCUT2D eigenvalue weighted by molar-refractivity contribution is -0.140. The number of methoxy groups -OCH3 is 2. The van der Waals surface area contributed by atoms with Crippen LogP contribution in [0.3, 0.4) is 0 Å². The van der Waals surface area contributed by atoms with Crippen molar-refractivity contribution in [2.75, 3.05) is 40.8 Å². The summed E-state index contributed by atoms with van der Waals surface area (Å²) in [6, 6.07) is 5.51. The van der Waals surface area contributed by atoms with Gasteiger partial charge in [-0.3, -0.25) is 9.59 Å². The van der Waals surface area contributed by atoms with Crippen LogP contribution in [0.1, 0.15) is 23.6 Å². The van der Waals surface area contributed by atoms with Crippen molar-refractivity contribution in [3.05, 3.63) is 59.7 Å². The highest BCUT2D eigenvalue weighted by molar-refractivity contribution is 6.46. The Morgan fingerprint density at radius 1 is 1.00 bits per heavy atom. The molecule has 1 N–H and O–H groups in total. The molecule has 3 aliphatic heterocycles. The number of aliphatic hydroxyl groups is 1. The Hall–Kier alpha value is -4.87. The fourth-order valence-electron chi connectivity index (χ4n) is 5.24. The summed E-state index contributed by atoms with van der Waals surface area (Å²) in [6.45, 7) is 1.52. The third-order valence-electron chi connectivity index (χ3n) is 7.04. The van der Waals surface area contributed by atoms with Crippen molar-refractivity contribution in [2.24, 2.45) is 0 Å². The number of hydrogen-bond acceptors (Lipinski definition) is 10. The normalized spacial score (nSPS) is 18.8. The highest BCUT2D eigenvalue weighted by Crippen LogP contribution is 2.54. The summed E-state index contributed by atoms with van der Waals surface area (Å²) >= 11 is 0. The minimum absolute atomic E-state index is 0.0272. The summed E-state index contributed by atoms with van der Waals surface area (Å²) in [5, 5.41) is 11.6. The summed E-state index contributed by atoms with van der Waals surface area (Å²) in [6.07, 6.45) is 5.69. The summed E-state index contributed by atoms with van der Waals surface area (Å²) in [7, 11) is 2.91. The van der Waals surface area contributed by atoms with Crippen LogP contribution >= 0.6 is 0 Å². The van der Waals surface area contributed by atoms with Crippen molar-refractivity contribution in [3.63, 3.8) is 0 Å². The molecule has 1 amide bonds. The average Bonchev–Trinajstić information content (AvgIpc) is 3.73. The number of amides is 1. The lowest BCUT2D eigenvalue weighted by atomic mass is 9.93. The number of nitrogens with zero attached hydrogens (tertiary/aromatic N) is 3. The molecule has 1 atom stereocenters. The van der Waals surface area contributed by atoms with Crippen molar-refractivity contribution in [1.29, 1.82) is 0 Å². The number of Topliss-reactive ketones (excluding diaryl/α,β-unsaturated/α-hetero) is 1. The van der Waals surface area contributed by atoms with E-state index < -0.39 is 17.7 Å². The molecule has 0 saturated carbocycles. The third kappa shape index (κ3) is 4.21. The van der Waals surface area contributed by atoms with Crippen LogP contribution in [0.25, 0.3) is 5.76 Å². The van der Waals surface area contributed by atoms with Gasteiger partial charge in [-0.15, -0.1) is 0 Å². The van der Waals surface area contributed by atoms with Gasteiger partial charge in [-0.2, -0.15) is 0 Å². The van der Waals surface area contributed by atoms with Crippen molar-refractivity contribution < 1.29 is 43.1 Å². The van der Waals surface area contributed by atoms with Gasteiger partial charge >= 0.3 is 0 Å². The first kappa shape index (κ1) is 25.4. The number of ether oxygens (including phenoxy) is 6. The Morgan fingerprint density at radius 3 is 2.55 bits per heavy atom. The first-order chi connectivity index (χ1) is 19.5. The molecule has 0 bridgehead atoms. The molecule has 12 nitrogen and oxygen atoms in total. The van der Waals surface area contributed by atoms with E-state index in [1.807, 2.05) is 10.8 Å². The summed E-state index contributed by atoms with van der Waals surface area (Å²) in [5.74, 6) is 0.290. The Labute approximate surface area is 229 Å². The number of ketones is 1. The molecule has 6 rings (SSSR count). The van der Waals surface area contributed by atoms with Crippen LogP contribution in [0, 0.1) is 0 Å². The van der Waals surface area contributed by atoms with Crippen LogP contribution in [-0.4, -0.2) is 72.0 Å². The van der Waals surface area contributed by atoms with Crippen LogP contribution in [0.5, 0.6) is 34.5 Å². The molecule has 0 unspecified atom stereocenters. The number of carbonyl (C=O) groups is 2. The minimum Gasteiger partial charge on any atom is -0.507 e. The predicted octanol–water partition coefficient (Wildman–Crippen LogP) is 2.91. The highest BCUT2D eigenvalue weighted by atomic mass is 16.7. The van der Waals surface area contributed by atoms with Crippen LogP contribution in [0.15, 0.2) is 48.6 Å². The number of aryl methyl sites for hydroxylation is 1. The second-order valence-electron chi connectivity index (χ2n) is 9.27. The lowest BCUT2D eigenvalue weighted by Crippen LogP contribution is -2.31. The zero-order chi connectivity index (χ0) is 27.8. The summed E-state index contributed by atoms with van der Waals surface area (Å²) in [4.78, 5) is 32.5. The third-order valence-corrected chi connectivity index (χ3v) is 7.04. The molecule has 3 aliphatic rings. The summed E-state index contributed by atoms with van der Waals surface area (Å²) < 4.78 is 35.7. The maximum Gasteiger partial charge on any atom is 0.295 e. The van der Waals surface area contributed by atoms with E-state index in [4.69, 9.17) is 28.4 Å². The maximum atomic E-state index is 13.6. The van der Waals surface area contributed by atoms with Crippen molar-refractivity contribution >= 4 is 17.4 Å². The van der Waals surface area contributed by atoms with Crippen LogP contribution < -0.4 is 28.4 Å². The standard InChI is InChI=1S/C28H27N3O9/c1-35-25-17(13-20-26(27(25)36-2)40-15-39-20)22-21(23(32)16-4-5-18-19(12-16)38-11-10-37-18)24(33)28(34)31(22)8-3-7-30-9-6-29-14-30/h4-6,9,12-14,22,32H,3,7-8,10-11,15H2,1-2H3/t22-/m0/s1. The molecule has 0 spiro atoms. The molecule has 12 heteroatoms.